The van der Waals surface area contributed by atoms with Gasteiger partial charge in [-0.2, -0.15) is 0 Å². The molecular weight excluding hydrogens is 190 g/mol. The molecule has 0 unspecified atom stereocenters. The minimum absolute atomic E-state index is 0. The molecule has 0 fully saturated rings. The predicted octanol–water partition coefficient (Wildman–Crippen LogP) is 2.08. The van der Waals surface area contributed by atoms with E-state index in [4.69, 9.17) is 5.11 Å². The third-order valence-electron chi connectivity index (χ3n) is 1.84. The van der Waals surface area contributed by atoms with Gasteiger partial charge < -0.3 is 15.5 Å². The lowest BCUT2D eigenvalue weighted by Gasteiger charge is -2.19. The second kappa shape index (κ2) is 19.5. The van der Waals surface area contributed by atoms with Crippen LogP contribution in [0.25, 0.3) is 0 Å². The second-order valence-corrected chi connectivity index (χ2v) is 3.57. The summed E-state index contributed by atoms with van der Waals surface area (Å²) in [6.07, 6.45) is 4.75. The van der Waals surface area contributed by atoms with Gasteiger partial charge in [-0.25, -0.2) is 0 Å². The van der Waals surface area contributed by atoms with Crippen molar-refractivity contribution in [3.8, 4) is 0 Å². The first-order valence-corrected chi connectivity index (χ1v) is 6.09. The van der Waals surface area contributed by atoms with E-state index in [9.17, 15) is 0 Å². The van der Waals surface area contributed by atoms with Crippen molar-refractivity contribution in [1.29, 1.82) is 0 Å². The normalized spacial score (nSPS) is 9.20. The van der Waals surface area contributed by atoms with Crippen LogP contribution in [0.5, 0.6) is 0 Å². The second-order valence-electron chi connectivity index (χ2n) is 3.57. The third-order valence-corrected chi connectivity index (χ3v) is 1.84. The molecule has 0 bridgehead atoms. The van der Waals surface area contributed by atoms with Gasteiger partial charge in [0.1, 0.15) is 0 Å². The Hall–Kier alpha value is -0.120. The molecule has 0 aromatic carbocycles. The molecule has 0 amide bonds. The Balaban J connectivity index is -0.000000249. The van der Waals surface area contributed by atoms with E-state index in [1.165, 1.54) is 38.9 Å². The largest absolute Gasteiger partial charge is 0.412 e. The smallest absolute Gasteiger partial charge is 0.0428 e. The molecule has 0 radical (unpaired) electrons. The number of aliphatic hydroxyl groups is 1. The SMILES string of the molecule is CCCN(CCC)CCC.CCCO.O. The zero-order valence-corrected chi connectivity index (χ0v) is 11.1. The van der Waals surface area contributed by atoms with Crippen molar-refractivity contribution in [3.05, 3.63) is 0 Å². The summed E-state index contributed by atoms with van der Waals surface area (Å²) in [7, 11) is 0. The lowest BCUT2D eigenvalue weighted by Crippen LogP contribution is -2.25. The Morgan fingerprint density at radius 3 is 1.13 bits per heavy atom. The molecule has 0 saturated carbocycles. The number of hydrogen-bond acceptors (Lipinski definition) is 2. The van der Waals surface area contributed by atoms with Gasteiger partial charge >= 0.3 is 0 Å². The van der Waals surface area contributed by atoms with Crippen LogP contribution in [0.1, 0.15) is 53.4 Å². The molecule has 0 spiro atoms. The molecule has 0 atom stereocenters. The fourth-order valence-corrected chi connectivity index (χ4v) is 1.28. The van der Waals surface area contributed by atoms with E-state index >= 15 is 0 Å². The molecule has 15 heavy (non-hydrogen) atoms. The monoisotopic (exact) mass is 221 g/mol. The van der Waals surface area contributed by atoms with Gasteiger partial charge in [0.2, 0.25) is 0 Å². The average Bonchev–Trinajstić information content (AvgIpc) is 2.20. The molecule has 96 valence electrons. The fourth-order valence-electron chi connectivity index (χ4n) is 1.28. The van der Waals surface area contributed by atoms with Crippen LogP contribution in [0, 0.1) is 0 Å². The maximum Gasteiger partial charge on any atom is 0.0428 e. The summed E-state index contributed by atoms with van der Waals surface area (Å²) in [6, 6.07) is 0. The molecular formula is C12H31NO2. The maximum absolute atomic E-state index is 7.88. The van der Waals surface area contributed by atoms with Crippen LogP contribution >= 0.6 is 0 Å². The first-order chi connectivity index (χ1) is 6.76. The Labute approximate surface area is 95.8 Å². The molecule has 3 nitrogen and oxygen atoms in total. The Morgan fingerprint density at radius 2 is 1.00 bits per heavy atom. The van der Waals surface area contributed by atoms with Gasteiger partial charge in [0.05, 0.1) is 0 Å². The van der Waals surface area contributed by atoms with Crippen molar-refractivity contribution >= 4 is 0 Å². The highest BCUT2D eigenvalue weighted by atomic mass is 16.2. The summed E-state index contributed by atoms with van der Waals surface area (Å²) in [4.78, 5) is 2.54. The van der Waals surface area contributed by atoms with E-state index in [2.05, 4.69) is 25.7 Å². The average molecular weight is 221 g/mol. The van der Waals surface area contributed by atoms with Crippen LogP contribution in [-0.2, 0) is 0 Å². The first kappa shape index (κ1) is 20.3. The summed E-state index contributed by atoms with van der Waals surface area (Å²) < 4.78 is 0. The number of rotatable bonds is 7. The fraction of sp³-hybridized carbons (Fsp3) is 1.00. The summed E-state index contributed by atoms with van der Waals surface area (Å²) in [5, 5.41) is 7.88. The van der Waals surface area contributed by atoms with Crippen molar-refractivity contribution in [2.24, 2.45) is 0 Å². The van der Waals surface area contributed by atoms with Crippen LogP contribution in [-0.4, -0.2) is 41.7 Å². The van der Waals surface area contributed by atoms with Crippen molar-refractivity contribution in [2.75, 3.05) is 26.2 Å². The van der Waals surface area contributed by atoms with Crippen LogP contribution in [0.4, 0.5) is 0 Å². The van der Waals surface area contributed by atoms with Gasteiger partial charge in [-0.1, -0.05) is 27.7 Å². The third kappa shape index (κ3) is 20.1. The summed E-state index contributed by atoms with van der Waals surface area (Å²) in [5.41, 5.74) is 0. The summed E-state index contributed by atoms with van der Waals surface area (Å²) >= 11 is 0. The molecule has 0 aliphatic rings. The van der Waals surface area contributed by atoms with E-state index in [0.29, 0.717) is 6.61 Å². The van der Waals surface area contributed by atoms with Crippen LogP contribution in [0.3, 0.4) is 0 Å². The molecule has 3 N–H and O–H groups in total. The Kier molecular flexibility index (Phi) is 26.3. The van der Waals surface area contributed by atoms with Crippen LogP contribution < -0.4 is 0 Å². The van der Waals surface area contributed by atoms with Crippen LogP contribution in [0.2, 0.25) is 0 Å². The van der Waals surface area contributed by atoms with E-state index in [0.717, 1.165) is 6.42 Å². The topological polar surface area (TPSA) is 55.0 Å². The van der Waals surface area contributed by atoms with Crippen molar-refractivity contribution in [2.45, 2.75) is 53.4 Å². The highest BCUT2D eigenvalue weighted by molar-refractivity contribution is 4.53. The number of hydrogen-bond donors (Lipinski definition) is 1. The molecule has 0 saturated heterocycles. The van der Waals surface area contributed by atoms with Crippen molar-refractivity contribution in [3.63, 3.8) is 0 Å². The zero-order chi connectivity index (χ0) is 11.2. The molecule has 0 aliphatic carbocycles. The van der Waals surface area contributed by atoms with Gasteiger partial charge in [-0.15, -0.1) is 0 Å². The lowest BCUT2D eigenvalue weighted by atomic mass is 10.3. The Bertz CT molecular complexity index is 73.4. The standard InChI is InChI=1S/C9H21N.C3H8O.H2O/c1-4-7-10(8-5-2)9-6-3;1-2-3-4;/h4-9H2,1-3H3;4H,2-3H2,1H3;1H2. The Morgan fingerprint density at radius 1 is 0.733 bits per heavy atom. The molecule has 0 aromatic rings. The summed E-state index contributed by atoms with van der Waals surface area (Å²) in [5.74, 6) is 0. The minimum Gasteiger partial charge on any atom is -0.412 e. The maximum atomic E-state index is 7.88. The van der Waals surface area contributed by atoms with Gasteiger partial charge in [0.25, 0.3) is 0 Å². The highest BCUT2D eigenvalue weighted by Gasteiger charge is 1.98. The van der Waals surface area contributed by atoms with E-state index < -0.39 is 0 Å². The van der Waals surface area contributed by atoms with E-state index in [-0.39, 0.29) is 5.48 Å². The van der Waals surface area contributed by atoms with Crippen molar-refractivity contribution < 1.29 is 10.6 Å². The van der Waals surface area contributed by atoms with E-state index in [1.807, 2.05) is 6.92 Å². The first-order valence-electron chi connectivity index (χ1n) is 6.09. The van der Waals surface area contributed by atoms with Gasteiger partial charge in [-0.3, -0.25) is 0 Å². The zero-order valence-electron chi connectivity index (χ0n) is 11.1. The molecule has 0 aromatic heterocycles. The highest BCUT2D eigenvalue weighted by Crippen LogP contribution is 1.94. The molecule has 0 rings (SSSR count). The minimum atomic E-state index is 0. The summed E-state index contributed by atoms with van der Waals surface area (Å²) in [6.45, 7) is 12.8. The molecule has 3 heteroatoms. The quantitative estimate of drug-likeness (QED) is 0.715. The number of aliphatic hydroxyl groups excluding tert-OH is 1. The molecule has 0 aliphatic heterocycles. The van der Waals surface area contributed by atoms with Gasteiger partial charge in [0, 0.05) is 6.61 Å². The predicted molar refractivity (Wildman–Crippen MR) is 68.3 cm³/mol. The van der Waals surface area contributed by atoms with Crippen LogP contribution in [0.15, 0.2) is 0 Å². The number of nitrogens with zero attached hydrogens (tertiary/aromatic N) is 1. The van der Waals surface area contributed by atoms with Gasteiger partial charge in [-0.05, 0) is 45.3 Å². The molecule has 0 heterocycles. The van der Waals surface area contributed by atoms with Crippen molar-refractivity contribution in [1.82, 2.24) is 4.90 Å². The van der Waals surface area contributed by atoms with E-state index in [1.54, 1.807) is 0 Å². The van der Waals surface area contributed by atoms with Gasteiger partial charge in [0.15, 0.2) is 0 Å². The lowest BCUT2D eigenvalue weighted by molar-refractivity contribution is 0.275.